The second kappa shape index (κ2) is 6.24. The maximum absolute atomic E-state index is 9.25. The van der Waals surface area contributed by atoms with Crippen LogP contribution in [0.25, 0.3) is 11.5 Å². The van der Waals surface area contributed by atoms with E-state index in [1.165, 1.54) is 0 Å². The predicted molar refractivity (Wildman–Crippen MR) is 87.7 cm³/mol. The molecular weight excluding hydrogens is 290 g/mol. The van der Waals surface area contributed by atoms with Gasteiger partial charge in [-0.2, -0.15) is 10.2 Å². The minimum atomic E-state index is 0.219. The van der Waals surface area contributed by atoms with Gasteiger partial charge in [-0.25, -0.2) is 0 Å². The van der Waals surface area contributed by atoms with Crippen LogP contribution in [0.15, 0.2) is 52.9 Å². The van der Waals surface area contributed by atoms with E-state index in [9.17, 15) is 5.26 Å². The molecule has 23 heavy (non-hydrogen) atoms. The SMILES string of the molecule is COc1ccc(Nc2oc(-c3ccc(C)cc3)nc2C#N)cc1. The van der Waals surface area contributed by atoms with E-state index in [1.807, 2.05) is 61.5 Å². The Bertz CT molecular complexity index is 843. The number of methoxy groups -OCH3 is 1. The van der Waals surface area contributed by atoms with Crippen molar-refractivity contribution in [2.45, 2.75) is 6.92 Å². The molecule has 3 rings (SSSR count). The summed E-state index contributed by atoms with van der Waals surface area (Å²) >= 11 is 0. The average Bonchev–Trinajstić information content (AvgIpc) is 2.99. The lowest BCUT2D eigenvalue weighted by Gasteiger charge is -2.04. The molecule has 0 saturated carbocycles. The molecule has 0 aliphatic heterocycles. The molecule has 0 saturated heterocycles. The van der Waals surface area contributed by atoms with Crippen molar-refractivity contribution in [1.82, 2.24) is 4.98 Å². The third kappa shape index (κ3) is 3.16. The summed E-state index contributed by atoms with van der Waals surface area (Å²) in [7, 11) is 1.61. The predicted octanol–water partition coefficient (Wildman–Crippen LogP) is 4.27. The van der Waals surface area contributed by atoms with Crippen molar-refractivity contribution >= 4 is 11.6 Å². The van der Waals surface area contributed by atoms with Crippen LogP contribution < -0.4 is 10.1 Å². The fourth-order valence-electron chi connectivity index (χ4n) is 2.11. The number of aromatic nitrogens is 1. The molecule has 1 heterocycles. The number of hydrogen-bond acceptors (Lipinski definition) is 5. The molecule has 0 radical (unpaired) electrons. The van der Waals surface area contributed by atoms with Gasteiger partial charge < -0.3 is 14.5 Å². The van der Waals surface area contributed by atoms with Crippen LogP contribution >= 0.6 is 0 Å². The molecule has 0 fully saturated rings. The summed E-state index contributed by atoms with van der Waals surface area (Å²) in [4.78, 5) is 4.24. The highest BCUT2D eigenvalue weighted by Crippen LogP contribution is 2.28. The Morgan fingerprint density at radius 3 is 2.39 bits per heavy atom. The molecule has 5 heteroatoms. The molecule has 0 aliphatic rings. The largest absolute Gasteiger partial charge is 0.497 e. The van der Waals surface area contributed by atoms with Crippen LogP contribution in [0, 0.1) is 18.3 Å². The summed E-state index contributed by atoms with van der Waals surface area (Å²) < 4.78 is 10.8. The number of rotatable bonds is 4. The fourth-order valence-corrected chi connectivity index (χ4v) is 2.11. The molecule has 0 unspecified atom stereocenters. The van der Waals surface area contributed by atoms with Crippen molar-refractivity contribution in [2.24, 2.45) is 0 Å². The van der Waals surface area contributed by atoms with Gasteiger partial charge >= 0.3 is 0 Å². The Kier molecular flexibility index (Phi) is 3.98. The maximum atomic E-state index is 9.25. The van der Waals surface area contributed by atoms with Crippen molar-refractivity contribution in [3.8, 4) is 23.3 Å². The number of hydrogen-bond donors (Lipinski definition) is 1. The number of nitrogens with zero attached hydrogens (tertiary/aromatic N) is 2. The number of nitrogens with one attached hydrogen (secondary N) is 1. The smallest absolute Gasteiger partial charge is 0.236 e. The van der Waals surface area contributed by atoms with Gasteiger partial charge in [-0.1, -0.05) is 17.7 Å². The first-order valence-electron chi connectivity index (χ1n) is 7.08. The zero-order chi connectivity index (χ0) is 16.2. The van der Waals surface area contributed by atoms with Gasteiger partial charge in [-0.05, 0) is 43.3 Å². The van der Waals surface area contributed by atoms with Crippen LogP contribution in [-0.2, 0) is 0 Å². The molecular formula is C18H15N3O2. The van der Waals surface area contributed by atoms with E-state index in [4.69, 9.17) is 9.15 Å². The summed E-state index contributed by atoms with van der Waals surface area (Å²) in [6.07, 6.45) is 0. The fraction of sp³-hybridized carbons (Fsp3) is 0.111. The Morgan fingerprint density at radius 2 is 1.78 bits per heavy atom. The van der Waals surface area contributed by atoms with Crippen LogP contribution in [0.4, 0.5) is 11.6 Å². The standard InChI is InChI=1S/C18H15N3O2/c1-12-3-5-13(6-4-12)17-21-16(11-19)18(23-17)20-14-7-9-15(22-2)10-8-14/h3-10,20H,1-2H3. The minimum Gasteiger partial charge on any atom is -0.497 e. The van der Waals surface area contributed by atoms with E-state index < -0.39 is 0 Å². The molecule has 1 N–H and O–H groups in total. The van der Waals surface area contributed by atoms with Crippen LogP contribution in [0.5, 0.6) is 5.75 Å². The maximum Gasteiger partial charge on any atom is 0.236 e. The summed E-state index contributed by atoms with van der Waals surface area (Å²) in [5, 5.41) is 12.3. The molecule has 0 spiro atoms. The minimum absolute atomic E-state index is 0.219. The molecule has 0 bridgehead atoms. The second-order valence-corrected chi connectivity index (χ2v) is 5.03. The molecule has 0 aliphatic carbocycles. The number of anilines is 2. The highest BCUT2D eigenvalue weighted by atomic mass is 16.5. The quantitative estimate of drug-likeness (QED) is 0.779. The lowest BCUT2D eigenvalue weighted by Crippen LogP contribution is -1.91. The third-order valence-electron chi connectivity index (χ3n) is 3.38. The highest BCUT2D eigenvalue weighted by molar-refractivity contribution is 5.64. The van der Waals surface area contributed by atoms with E-state index in [2.05, 4.69) is 10.3 Å². The molecule has 5 nitrogen and oxygen atoms in total. The summed E-state index contributed by atoms with van der Waals surface area (Å²) in [5.41, 5.74) is 2.98. The van der Waals surface area contributed by atoms with Crippen molar-refractivity contribution in [3.63, 3.8) is 0 Å². The van der Waals surface area contributed by atoms with Gasteiger partial charge in [0.05, 0.1) is 7.11 Å². The lowest BCUT2D eigenvalue weighted by atomic mass is 10.1. The number of nitriles is 1. The van der Waals surface area contributed by atoms with Crippen LogP contribution in [-0.4, -0.2) is 12.1 Å². The Balaban J connectivity index is 1.89. The Labute approximate surface area is 134 Å². The molecule has 0 atom stereocenters. The number of aryl methyl sites for hydroxylation is 1. The van der Waals surface area contributed by atoms with Gasteiger partial charge in [-0.15, -0.1) is 0 Å². The van der Waals surface area contributed by atoms with E-state index in [-0.39, 0.29) is 5.69 Å². The van der Waals surface area contributed by atoms with Gasteiger partial charge in [0.25, 0.3) is 0 Å². The first kappa shape index (κ1) is 14.7. The normalized spacial score (nSPS) is 10.1. The zero-order valence-corrected chi connectivity index (χ0v) is 12.8. The van der Waals surface area contributed by atoms with Crippen molar-refractivity contribution in [2.75, 3.05) is 12.4 Å². The lowest BCUT2D eigenvalue weighted by molar-refractivity contribution is 0.415. The Morgan fingerprint density at radius 1 is 1.09 bits per heavy atom. The highest BCUT2D eigenvalue weighted by Gasteiger charge is 2.14. The second-order valence-electron chi connectivity index (χ2n) is 5.03. The van der Waals surface area contributed by atoms with Crippen molar-refractivity contribution < 1.29 is 9.15 Å². The molecule has 114 valence electrons. The Hall–Kier alpha value is -3.26. The number of oxazole rings is 1. The van der Waals surface area contributed by atoms with E-state index >= 15 is 0 Å². The van der Waals surface area contributed by atoms with Crippen LogP contribution in [0.2, 0.25) is 0 Å². The molecule has 1 aromatic heterocycles. The van der Waals surface area contributed by atoms with Gasteiger partial charge in [0.2, 0.25) is 17.5 Å². The average molecular weight is 305 g/mol. The van der Waals surface area contributed by atoms with E-state index in [0.29, 0.717) is 11.8 Å². The van der Waals surface area contributed by atoms with Crippen molar-refractivity contribution in [3.05, 3.63) is 59.8 Å². The van der Waals surface area contributed by atoms with Gasteiger partial charge in [-0.3, -0.25) is 0 Å². The van der Waals surface area contributed by atoms with E-state index in [0.717, 1.165) is 22.6 Å². The topological polar surface area (TPSA) is 71.1 Å². The van der Waals surface area contributed by atoms with Gasteiger partial charge in [0, 0.05) is 11.3 Å². The van der Waals surface area contributed by atoms with E-state index in [1.54, 1.807) is 7.11 Å². The van der Waals surface area contributed by atoms with Gasteiger partial charge in [0.1, 0.15) is 11.8 Å². The number of benzene rings is 2. The molecule has 2 aromatic carbocycles. The first-order valence-corrected chi connectivity index (χ1v) is 7.08. The molecule has 3 aromatic rings. The summed E-state index contributed by atoms with van der Waals surface area (Å²) in [6, 6.07) is 17.2. The third-order valence-corrected chi connectivity index (χ3v) is 3.38. The monoisotopic (exact) mass is 305 g/mol. The van der Waals surface area contributed by atoms with Crippen LogP contribution in [0.3, 0.4) is 0 Å². The van der Waals surface area contributed by atoms with Gasteiger partial charge in [0.15, 0.2) is 0 Å². The van der Waals surface area contributed by atoms with Crippen molar-refractivity contribution in [1.29, 1.82) is 5.26 Å². The van der Waals surface area contributed by atoms with Crippen LogP contribution in [0.1, 0.15) is 11.3 Å². The zero-order valence-electron chi connectivity index (χ0n) is 12.8. The summed E-state index contributed by atoms with van der Waals surface area (Å²) in [6.45, 7) is 2.01. The first-order chi connectivity index (χ1) is 11.2. The molecule has 0 amide bonds. The number of ether oxygens (including phenoxy) is 1. The summed E-state index contributed by atoms with van der Waals surface area (Å²) in [5.74, 6) is 1.50.